The van der Waals surface area contributed by atoms with Gasteiger partial charge in [0.05, 0.1) is 13.2 Å². The topological polar surface area (TPSA) is 58.7 Å². The molecule has 1 atom stereocenters. The smallest absolute Gasteiger partial charge is 0.160 e. The van der Waals surface area contributed by atoms with Crippen LogP contribution >= 0.6 is 0 Å². The second-order valence-electron chi connectivity index (χ2n) is 4.80. The lowest BCUT2D eigenvalue weighted by molar-refractivity contribution is 0.372. The lowest BCUT2D eigenvalue weighted by Crippen LogP contribution is -2.33. The number of hydrogen-bond donors (Lipinski definition) is 2. The second kappa shape index (κ2) is 6.99. The van der Waals surface area contributed by atoms with Crippen LogP contribution in [0.3, 0.4) is 0 Å². The lowest BCUT2D eigenvalue weighted by Gasteiger charge is -2.32. The summed E-state index contributed by atoms with van der Waals surface area (Å²) in [7, 11) is 1.54. The predicted octanol–water partition coefficient (Wildman–Crippen LogP) is 2.93. The Morgan fingerprint density at radius 3 is 2.43 bits per heavy atom. The molecular weight excluding hydrogens is 264 g/mol. The molecule has 0 amide bonds. The molecule has 2 aromatic rings. The fourth-order valence-corrected chi connectivity index (χ4v) is 2.56. The molecule has 0 radical (unpaired) electrons. The number of anilines is 1. The molecule has 0 aromatic heterocycles. The quantitative estimate of drug-likeness (QED) is 0.857. The zero-order valence-corrected chi connectivity index (χ0v) is 12.5. The van der Waals surface area contributed by atoms with E-state index in [0.29, 0.717) is 12.3 Å². The SMILES string of the molecule is CCN(c1ccccc1)C(CN)c1ccc(OC)c(O)c1. The molecule has 4 nitrogen and oxygen atoms in total. The van der Waals surface area contributed by atoms with Gasteiger partial charge in [0, 0.05) is 18.8 Å². The van der Waals surface area contributed by atoms with E-state index >= 15 is 0 Å². The van der Waals surface area contributed by atoms with E-state index in [1.807, 2.05) is 24.3 Å². The van der Waals surface area contributed by atoms with Crippen LogP contribution in [0.2, 0.25) is 0 Å². The number of phenols is 1. The highest BCUT2D eigenvalue weighted by Crippen LogP contribution is 2.32. The Hall–Kier alpha value is -2.20. The fraction of sp³-hybridized carbons (Fsp3) is 0.294. The predicted molar refractivity (Wildman–Crippen MR) is 85.9 cm³/mol. The highest BCUT2D eigenvalue weighted by molar-refractivity contribution is 5.51. The van der Waals surface area contributed by atoms with Crippen molar-refractivity contribution in [2.24, 2.45) is 5.73 Å². The maximum atomic E-state index is 9.98. The summed E-state index contributed by atoms with van der Waals surface area (Å²) in [5.41, 5.74) is 8.07. The zero-order chi connectivity index (χ0) is 15.2. The van der Waals surface area contributed by atoms with Crippen LogP contribution in [-0.2, 0) is 0 Å². The molecule has 0 heterocycles. The minimum absolute atomic E-state index is 0.00852. The maximum absolute atomic E-state index is 9.98. The first kappa shape index (κ1) is 15.2. The van der Waals surface area contributed by atoms with Crippen LogP contribution in [0, 0.1) is 0 Å². The van der Waals surface area contributed by atoms with Gasteiger partial charge in [-0.15, -0.1) is 0 Å². The maximum Gasteiger partial charge on any atom is 0.160 e. The number of nitrogens with two attached hydrogens (primary N) is 1. The van der Waals surface area contributed by atoms with E-state index in [1.165, 1.54) is 7.11 Å². The molecule has 21 heavy (non-hydrogen) atoms. The van der Waals surface area contributed by atoms with Crippen LogP contribution in [0.25, 0.3) is 0 Å². The summed E-state index contributed by atoms with van der Waals surface area (Å²) in [6, 6.07) is 15.6. The molecule has 0 bridgehead atoms. The molecule has 1 unspecified atom stereocenters. The van der Waals surface area contributed by atoms with Crippen molar-refractivity contribution in [2.45, 2.75) is 13.0 Å². The van der Waals surface area contributed by atoms with E-state index in [-0.39, 0.29) is 11.8 Å². The molecule has 112 valence electrons. The van der Waals surface area contributed by atoms with E-state index < -0.39 is 0 Å². The number of para-hydroxylation sites is 1. The van der Waals surface area contributed by atoms with E-state index in [4.69, 9.17) is 10.5 Å². The van der Waals surface area contributed by atoms with Gasteiger partial charge in [0.1, 0.15) is 0 Å². The molecule has 2 rings (SSSR count). The van der Waals surface area contributed by atoms with Gasteiger partial charge in [0.2, 0.25) is 0 Å². The van der Waals surface area contributed by atoms with Crippen molar-refractivity contribution >= 4 is 5.69 Å². The normalized spacial score (nSPS) is 12.0. The first-order chi connectivity index (χ1) is 10.2. The Morgan fingerprint density at radius 1 is 1.19 bits per heavy atom. The van der Waals surface area contributed by atoms with Crippen molar-refractivity contribution in [3.8, 4) is 11.5 Å². The van der Waals surface area contributed by atoms with Gasteiger partial charge in [-0.05, 0) is 36.8 Å². The van der Waals surface area contributed by atoms with Crippen LogP contribution in [0.1, 0.15) is 18.5 Å². The third-order valence-electron chi connectivity index (χ3n) is 3.62. The Labute approximate surface area is 125 Å². The summed E-state index contributed by atoms with van der Waals surface area (Å²) >= 11 is 0. The van der Waals surface area contributed by atoms with E-state index in [9.17, 15) is 5.11 Å². The molecule has 0 saturated heterocycles. The van der Waals surface area contributed by atoms with Gasteiger partial charge in [0.15, 0.2) is 11.5 Å². The van der Waals surface area contributed by atoms with Crippen molar-refractivity contribution in [1.29, 1.82) is 0 Å². The number of likely N-dealkylation sites (N-methyl/N-ethyl adjacent to an activating group) is 1. The molecule has 0 aliphatic carbocycles. The average molecular weight is 286 g/mol. The molecule has 3 N–H and O–H groups in total. The minimum atomic E-state index is 0.00852. The molecule has 0 saturated carbocycles. The standard InChI is InChI=1S/C17H22N2O2/c1-3-19(14-7-5-4-6-8-14)15(12-18)13-9-10-17(21-2)16(20)11-13/h4-11,15,20H,3,12,18H2,1-2H3. The Bertz CT molecular complexity index is 572. The Kier molecular flexibility index (Phi) is 5.06. The highest BCUT2D eigenvalue weighted by atomic mass is 16.5. The lowest BCUT2D eigenvalue weighted by atomic mass is 10.0. The second-order valence-corrected chi connectivity index (χ2v) is 4.80. The zero-order valence-electron chi connectivity index (χ0n) is 12.5. The first-order valence-electron chi connectivity index (χ1n) is 7.10. The summed E-state index contributed by atoms with van der Waals surface area (Å²) in [4.78, 5) is 2.22. The van der Waals surface area contributed by atoms with Gasteiger partial charge >= 0.3 is 0 Å². The number of rotatable bonds is 6. The number of nitrogens with zero attached hydrogens (tertiary/aromatic N) is 1. The van der Waals surface area contributed by atoms with Crippen LogP contribution in [0.15, 0.2) is 48.5 Å². The summed E-state index contributed by atoms with van der Waals surface area (Å²) in [5.74, 6) is 0.606. The van der Waals surface area contributed by atoms with Crippen LogP contribution in [0.4, 0.5) is 5.69 Å². The minimum Gasteiger partial charge on any atom is -0.504 e. The van der Waals surface area contributed by atoms with Crippen molar-refractivity contribution in [2.75, 3.05) is 25.1 Å². The van der Waals surface area contributed by atoms with Gasteiger partial charge in [-0.25, -0.2) is 0 Å². The number of ether oxygens (including phenoxy) is 1. The van der Waals surface area contributed by atoms with Gasteiger partial charge in [0.25, 0.3) is 0 Å². The Morgan fingerprint density at radius 2 is 1.90 bits per heavy atom. The fourth-order valence-electron chi connectivity index (χ4n) is 2.56. The molecule has 0 fully saturated rings. The third kappa shape index (κ3) is 3.28. The number of methoxy groups -OCH3 is 1. The molecule has 0 aliphatic rings. The van der Waals surface area contributed by atoms with E-state index in [1.54, 1.807) is 12.1 Å². The molecule has 0 aliphatic heterocycles. The Balaban J connectivity index is 2.35. The highest BCUT2D eigenvalue weighted by Gasteiger charge is 2.19. The van der Waals surface area contributed by atoms with E-state index in [0.717, 1.165) is 17.8 Å². The van der Waals surface area contributed by atoms with Crippen LogP contribution in [-0.4, -0.2) is 25.3 Å². The number of benzene rings is 2. The summed E-state index contributed by atoms with van der Waals surface area (Å²) in [6.45, 7) is 3.40. The van der Waals surface area contributed by atoms with E-state index in [2.05, 4.69) is 24.0 Å². The molecule has 4 heteroatoms. The molecular formula is C17H22N2O2. The van der Waals surface area contributed by atoms with Crippen molar-refractivity contribution in [3.63, 3.8) is 0 Å². The number of hydrogen-bond acceptors (Lipinski definition) is 4. The first-order valence-corrected chi connectivity index (χ1v) is 7.10. The monoisotopic (exact) mass is 286 g/mol. The van der Waals surface area contributed by atoms with Gasteiger partial charge < -0.3 is 20.5 Å². The van der Waals surface area contributed by atoms with Crippen LogP contribution < -0.4 is 15.4 Å². The molecule has 2 aromatic carbocycles. The summed E-state index contributed by atoms with van der Waals surface area (Å²) in [6.07, 6.45) is 0. The molecule has 0 spiro atoms. The third-order valence-corrected chi connectivity index (χ3v) is 3.62. The van der Waals surface area contributed by atoms with Crippen molar-refractivity contribution in [1.82, 2.24) is 0 Å². The number of aromatic hydroxyl groups is 1. The van der Waals surface area contributed by atoms with Gasteiger partial charge in [-0.3, -0.25) is 0 Å². The summed E-state index contributed by atoms with van der Waals surface area (Å²) < 4.78 is 5.09. The van der Waals surface area contributed by atoms with Crippen molar-refractivity contribution in [3.05, 3.63) is 54.1 Å². The van der Waals surface area contributed by atoms with Gasteiger partial charge in [-0.2, -0.15) is 0 Å². The van der Waals surface area contributed by atoms with Crippen molar-refractivity contribution < 1.29 is 9.84 Å². The largest absolute Gasteiger partial charge is 0.504 e. The van der Waals surface area contributed by atoms with Crippen LogP contribution in [0.5, 0.6) is 11.5 Å². The van der Waals surface area contributed by atoms with Gasteiger partial charge in [-0.1, -0.05) is 24.3 Å². The summed E-state index contributed by atoms with van der Waals surface area (Å²) in [5, 5.41) is 9.98. The number of phenolic OH excluding ortho intramolecular Hbond substituents is 1. The average Bonchev–Trinajstić information content (AvgIpc) is 2.53.